The molecular weight excluding hydrogens is 252 g/mol. The van der Waals surface area contributed by atoms with E-state index in [1.807, 2.05) is 0 Å². The molecule has 0 aromatic carbocycles. The van der Waals surface area contributed by atoms with Crippen molar-refractivity contribution in [3.63, 3.8) is 0 Å². The highest BCUT2D eigenvalue weighted by Gasteiger charge is 2.25. The van der Waals surface area contributed by atoms with Gasteiger partial charge in [-0.05, 0) is 40.0 Å². The first-order valence-electron chi connectivity index (χ1n) is 7.38. The summed E-state index contributed by atoms with van der Waals surface area (Å²) in [5, 5.41) is 3.59. The molecule has 5 nitrogen and oxygen atoms in total. The molecule has 1 aromatic heterocycles. The Balaban J connectivity index is 2.09. The molecule has 1 atom stereocenters. The van der Waals surface area contributed by atoms with Crippen molar-refractivity contribution < 1.29 is 4.74 Å². The van der Waals surface area contributed by atoms with Crippen LogP contribution >= 0.6 is 0 Å². The predicted molar refractivity (Wildman–Crippen MR) is 81.3 cm³/mol. The van der Waals surface area contributed by atoms with E-state index < -0.39 is 0 Å². The van der Waals surface area contributed by atoms with Gasteiger partial charge in [-0.25, -0.2) is 4.98 Å². The first kappa shape index (κ1) is 15.0. The Bertz CT molecular complexity index is 430. The maximum atomic E-state index is 5.20. The normalized spacial score (nSPS) is 20.0. The van der Waals surface area contributed by atoms with Gasteiger partial charge in [0.25, 0.3) is 0 Å². The van der Waals surface area contributed by atoms with Gasteiger partial charge in [0, 0.05) is 36.9 Å². The molecule has 0 bridgehead atoms. The van der Waals surface area contributed by atoms with Crippen LogP contribution in [0.1, 0.15) is 40.0 Å². The van der Waals surface area contributed by atoms with Crippen molar-refractivity contribution in [1.29, 1.82) is 0 Å². The van der Waals surface area contributed by atoms with Crippen LogP contribution in [0.25, 0.3) is 0 Å². The predicted octanol–water partition coefficient (Wildman–Crippen LogP) is 2.23. The summed E-state index contributed by atoms with van der Waals surface area (Å²) in [5.41, 5.74) is 0.137. The number of ether oxygens (including phenoxy) is 1. The standard InChI is InChI=1S/C15H26N4O/c1-15(2,3)17-11-12-7-5-6-10-19(12)14-16-9-8-13(18-14)20-4/h8-9,12,17H,5-7,10-11H2,1-4H3. The van der Waals surface area contributed by atoms with Gasteiger partial charge in [0.05, 0.1) is 7.11 Å². The van der Waals surface area contributed by atoms with Gasteiger partial charge in [0.2, 0.25) is 11.8 Å². The van der Waals surface area contributed by atoms with Gasteiger partial charge in [-0.15, -0.1) is 0 Å². The molecule has 0 amide bonds. The van der Waals surface area contributed by atoms with Crippen LogP contribution in [0.4, 0.5) is 5.95 Å². The number of piperidine rings is 1. The molecule has 112 valence electrons. The summed E-state index contributed by atoms with van der Waals surface area (Å²) in [6.45, 7) is 8.57. The van der Waals surface area contributed by atoms with Crippen molar-refractivity contribution in [3.8, 4) is 5.88 Å². The summed E-state index contributed by atoms with van der Waals surface area (Å²) in [6, 6.07) is 2.24. The van der Waals surface area contributed by atoms with Gasteiger partial charge in [0.1, 0.15) is 0 Å². The van der Waals surface area contributed by atoms with Crippen LogP contribution in [0.3, 0.4) is 0 Å². The van der Waals surface area contributed by atoms with Crippen LogP contribution in [0.2, 0.25) is 0 Å². The molecule has 2 heterocycles. The average molecular weight is 278 g/mol. The Morgan fingerprint density at radius 3 is 2.90 bits per heavy atom. The summed E-state index contributed by atoms with van der Waals surface area (Å²) in [6.07, 6.45) is 5.43. The number of hydrogen-bond donors (Lipinski definition) is 1. The molecule has 5 heteroatoms. The van der Waals surface area contributed by atoms with Gasteiger partial charge in [-0.1, -0.05) is 0 Å². The fraction of sp³-hybridized carbons (Fsp3) is 0.733. The van der Waals surface area contributed by atoms with Crippen LogP contribution in [-0.2, 0) is 0 Å². The van der Waals surface area contributed by atoms with E-state index in [0.29, 0.717) is 11.9 Å². The molecule has 20 heavy (non-hydrogen) atoms. The lowest BCUT2D eigenvalue weighted by molar-refractivity contribution is 0.361. The maximum absolute atomic E-state index is 5.20. The summed E-state index contributed by atoms with van der Waals surface area (Å²) in [7, 11) is 1.64. The van der Waals surface area contributed by atoms with Gasteiger partial charge in [-0.2, -0.15) is 4.98 Å². The van der Waals surface area contributed by atoms with E-state index in [1.165, 1.54) is 19.3 Å². The molecular formula is C15H26N4O. The first-order valence-corrected chi connectivity index (χ1v) is 7.38. The maximum Gasteiger partial charge on any atom is 0.228 e. The molecule has 0 spiro atoms. The van der Waals surface area contributed by atoms with Gasteiger partial charge < -0.3 is 15.0 Å². The number of rotatable bonds is 4. The Labute approximate surface area is 121 Å². The van der Waals surface area contributed by atoms with E-state index >= 15 is 0 Å². The average Bonchev–Trinajstić information content (AvgIpc) is 2.45. The highest BCUT2D eigenvalue weighted by molar-refractivity contribution is 5.34. The lowest BCUT2D eigenvalue weighted by Crippen LogP contribution is -2.50. The molecule has 1 fully saturated rings. The number of anilines is 1. The van der Waals surface area contributed by atoms with Crippen molar-refractivity contribution in [3.05, 3.63) is 12.3 Å². The minimum Gasteiger partial charge on any atom is -0.481 e. The van der Waals surface area contributed by atoms with Crippen molar-refractivity contribution >= 4 is 5.95 Å². The zero-order valence-corrected chi connectivity index (χ0v) is 13.0. The van der Waals surface area contributed by atoms with Gasteiger partial charge >= 0.3 is 0 Å². The van der Waals surface area contributed by atoms with Crippen LogP contribution < -0.4 is 15.0 Å². The number of aromatic nitrogens is 2. The van der Waals surface area contributed by atoms with Crippen LogP contribution in [0, 0.1) is 0 Å². The monoisotopic (exact) mass is 278 g/mol. The molecule has 1 N–H and O–H groups in total. The third-order valence-electron chi connectivity index (χ3n) is 3.58. The van der Waals surface area contributed by atoms with E-state index in [-0.39, 0.29) is 5.54 Å². The highest BCUT2D eigenvalue weighted by Crippen LogP contribution is 2.23. The minimum absolute atomic E-state index is 0.137. The van der Waals surface area contributed by atoms with Crippen molar-refractivity contribution in [1.82, 2.24) is 15.3 Å². The van der Waals surface area contributed by atoms with Crippen LogP contribution in [-0.4, -0.2) is 41.7 Å². The Morgan fingerprint density at radius 2 is 2.20 bits per heavy atom. The first-order chi connectivity index (χ1) is 9.49. The third-order valence-corrected chi connectivity index (χ3v) is 3.58. The van der Waals surface area contributed by atoms with Gasteiger partial charge in [0.15, 0.2) is 0 Å². The molecule has 0 radical (unpaired) electrons. The van der Waals surface area contributed by atoms with E-state index in [2.05, 4.69) is 41.0 Å². The largest absolute Gasteiger partial charge is 0.481 e. The second kappa shape index (κ2) is 6.39. The van der Waals surface area contributed by atoms with E-state index in [4.69, 9.17) is 4.74 Å². The smallest absolute Gasteiger partial charge is 0.228 e. The van der Waals surface area contributed by atoms with E-state index in [0.717, 1.165) is 19.0 Å². The van der Waals surface area contributed by atoms with Crippen molar-refractivity contribution in [2.24, 2.45) is 0 Å². The molecule has 0 saturated carbocycles. The molecule has 1 unspecified atom stereocenters. The molecule has 1 saturated heterocycles. The van der Waals surface area contributed by atoms with E-state index in [1.54, 1.807) is 19.4 Å². The minimum atomic E-state index is 0.137. The molecule has 1 aliphatic rings. The fourth-order valence-corrected chi connectivity index (χ4v) is 2.48. The molecule has 0 aliphatic carbocycles. The quantitative estimate of drug-likeness (QED) is 0.915. The SMILES string of the molecule is COc1ccnc(N2CCCCC2CNC(C)(C)C)n1. The zero-order valence-electron chi connectivity index (χ0n) is 13.0. The molecule has 2 rings (SSSR count). The van der Waals surface area contributed by atoms with Crippen molar-refractivity contribution in [2.45, 2.75) is 51.6 Å². The molecule has 1 aromatic rings. The third kappa shape index (κ3) is 4.07. The summed E-state index contributed by atoms with van der Waals surface area (Å²) in [4.78, 5) is 11.2. The highest BCUT2D eigenvalue weighted by atomic mass is 16.5. The van der Waals surface area contributed by atoms with Crippen LogP contribution in [0.15, 0.2) is 12.3 Å². The topological polar surface area (TPSA) is 50.3 Å². The number of methoxy groups -OCH3 is 1. The zero-order chi connectivity index (χ0) is 14.6. The Morgan fingerprint density at radius 1 is 1.40 bits per heavy atom. The number of nitrogens with zero attached hydrogens (tertiary/aromatic N) is 3. The molecule has 1 aliphatic heterocycles. The number of hydrogen-bond acceptors (Lipinski definition) is 5. The second-order valence-corrected chi connectivity index (χ2v) is 6.37. The van der Waals surface area contributed by atoms with Crippen molar-refractivity contribution in [2.75, 3.05) is 25.1 Å². The fourth-order valence-electron chi connectivity index (χ4n) is 2.48. The summed E-state index contributed by atoms with van der Waals surface area (Å²) >= 11 is 0. The summed E-state index contributed by atoms with van der Waals surface area (Å²) in [5.74, 6) is 1.41. The summed E-state index contributed by atoms with van der Waals surface area (Å²) < 4.78 is 5.20. The Kier molecular flexibility index (Phi) is 4.81. The second-order valence-electron chi connectivity index (χ2n) is 6.37. The van der Waals surface area contributed by atoms with E-state index in [9.17, 15) is 0 Å². The van der Waals surface area contributed by atoms with Gasteiger partial charge in [-0.3, -0.25) is 0 Å². The Hall–Kier alpha value is -1.36. The lowest BCUT2D eigenvalue weighted by Gasteiger charge is -2.37. The lowest BCUT2D eigenvalue weighted by atomic mass is 10.0. The number of nitrogens with one attached hydrogen (secondary N) is 1. The van der Waals surface area contributed by atoms with Crippen LogP contribution in [0.5, 0.6) is 5.88 Å².